The summed E-state index contributed by atoms with van der Waals surface area (Å²) in [5.74, 6) is -0.114. The van der Waals surface area contributed by atoms with Gasteiger partial charge in [0.2, 0.25) is 5.91 Å². The standard InChI is InChI=1S/C24H31N3O3S2/c1-18-11-12-19(15-21(18)32(29,30)27-23(31)25-2)16-22(28)26-17-24(13-7-4-8-14-24)20-9-5-3-6-10-20/h3,5-6,9-12,15H,4,7-8,13-14,16-17H2,1-2H3,(H,26,28)(H2,25,27,31). The number of hydrogen-bond acceptors (Lipinski definition) is 4. The van der Waals surface area contributed by atoms with E-state index in [-0.39, 0.29) is 27.8 Å². The van der Waals surface area contributed by atoms with Crippen LogP contribution in [0.15, 0.2) is 53.4 Å². The minimum absolute atomic E-state index is 0.0197. The minimum atomic E-state index is -3.82. The fraction of sp³-hybridized carbons (Fsp3) is 0.417. The van der Waals surface area contributed by atoms with Gasteiger partial charge in [0.25, 0.3) is 10.0 Å². The first-order chi connectivity index (χ1) is 15.3. The molecule has 0 unspecified atom stereocenters. The largest absolute Gasteiger partial charge is 0.365 e. The molecule has 6 nitrogen and oxygen atoms in total. The predicted octanol–water partition coefficient (Wildman–Crippen LogP) is 3.34. The lowest BCUT2D eigenvalue weighted by atomic mass is 9.69. The summed E-state index contributed by atoms with van der Waals surface area (Å²) in [5, 5.41) is 5.74. The molecular formula is C24H31N3O3S2. The van der Waals surface area contributed by atoms with Crippen molar-refractivity contribution in [2.45, 2.75) is 55.8 Å². The topological polar surface area (TPSA) is 87.3 Å². The smallest absolute Gasteiger partial charge is 0.263 e. The van der Waals surface area contributed by atoms with Crippen molar-refractivity contribution in [2.24, 2.45) is 0 Å². The van der Waals surface area contributed by atoms with E-state index in [4.69, 9.17) is 12.2 Å². The molecule has 8 heteroatoms. The average Bonchev–Trinajstić information content (AvgIpc) is 2.79. The highest BCUT2D eigenvalue weighted by Gasteiger charge is 2.34. The Hall–Kier alpha value is -2.45. The van der Waals surface area contributed by atoms with Crippen LogP contribution in [0.25, 0.3) is 0 Å². The van der Waals surface area contributed by atoms with Gasteiger partial charge in [-0.3, -0.25) is 9.52 Å². The molecule has 0 aliphatic heterocycles. The predicted molar refractivity (Wildman–Crippen MR) is 131 cm³/mol. The van der Waals surface area contributed by atoms with Crippen molar-refractivity contribution in [2.75, 3.05) is 13.6 Å². The van der Waals surface area contributed by atoms with E-state index < -0.39 is 10.0 Å². The van der Waals surface area contributed by atoms with E-state index in [0.717, 1.165) is 25.7 Å². The molecule has 0 radical (unpaired) electrons. The molecule has 0 saturated heterocycles. The maximum absolute atomic E-state index is 12.8. The number of hydrogen-bond donors (Lipinski definition) is 3. The summed E-state index contributed by atoms with van der Waals surface area (Å²) < 4.78 is 27.6. The lowest BCUT2D eigenvalue weighted by molar-refractivity contribution is -0.120. The molecule has 0 bridgehead atoms. The van der Waals surface area contributed by atoms with Crippen LogP contribution < -0.4 is 15.4 Å². The summed E-state index contributed by atoms with van der Waals surface area (Å²) in [7, 11) is -2.27. The average molecular weight is 474 g/mol. The molecule has 1 fully saturated rings. The van der Waals surface area contributed by atoms with Crippen molar-refractivity contribution in [3.8, 4) is 0 Å². The van der Waals surface area contributed by atoms with E-state index in [1.807, 2.05) is 6.07 Å². The molecular weight excluding hydrogens is 442 g/mol. The number of aryl methyl sites for hydroxylation is 1. The Morgan fingerprint density at radius 2 is 1.75 bits per heavy atom. The third-order valence-electron chi connectivity index (χ3n) is 6.18. The maximum atomic E-state index is 12.8. The molecule has 1 amide bonds. The molecule has 0 aromatic heterocycles. The molecule has 3 rings (SSSR count). The minimum Gasteiger partial charge on any atom is -0.365 e. The Balaban J connectivity index is 1.71. The number of carbonyl (C=O) groups excluding carboxylic acids is 1. The Kier molecular flexibility index (Phi) is 7.90. The monoisotopic (exact) mass is 473 g/mol. The second-order valence-corrected chi connectivity index (χ2v) is 10.5. The second-order valence-electron chi connectivity index (χ2n) is 8.44. The number of benzene rings is 2. The second kappa shape index (κ2) is 10.4. The van der Waals surface area contributed by atoms with Gasteiger partial charge in [0.05, 0.1) is 11.3 Å². The van der Waals surface area contributed by atoms with Gasteiger partial charge >= 0.3 is 0 Å². The fourth-order valence-electron chi connectivity index (χ4n) is 4.38. The first-order valence-electron chi connectivity index (χ1n) is 10.9. The number of carbonyl (C=O) groups is 1. The van der Waals surface area contributed by atoms with Crippen molar-refractivity contribution in [3.05, 3.63) is 65.2 Å². The van der Waals surface area contributed by atoms with Gasteiger partial charge in [-0.2, -0.15) is 0 Å². The molecule has 1 aliphatic rings. The number of thiocarbonyl (C=S) groups is 1. The normalized spacial score (nSPS) is 15.6. The summed E-state index contributed by atoms with van der Waals surface area (Å²) in [4.78, 5) is 12.9. The van der Waals surface area contributed by atoms with Crippen molar-refractivity contribution >= 4 is 33.3 Å². The molecule has 32 heavy (non-hydrogen) atoms. The third kappa shape index (κ3) is 5.86. The molecule has 0 spiro atoms. The van der Waals surface area contributed by atoms with Gasteiger partial charge in [-0.1, -0.05) is 61.7 Å². The summed E-state index contributed by atoms with van der Waals surface area (Å²) in [6.07, 6.45) is 5.78. The molecule has 0 heterocycles. The van der Waals surface area contributed by atoms with E-state index >= 15 is 0 Å². The van der Waals surface area contributed by atoms with E-state index in [1.165, 1.54) is 12.0 Å². The Morgan fingerprint density at radius 1 is 1.06 bits per heavy atom. The van der Waals surface area contributed by atoms with Crippen LogP contribution in [-0.4, -0.2) is 33.0 Å². The number of sulfonamides is 1. The summed E-state index contributed by atoms with van der Waals surface area (Å²) >= 11 is 4.93. The van der Waals surface area contributed by atoms with Crippen LogP contribution in [0.4, 0.5) is 0 Å². The highest BCUT2D eigenvalue weighted by atomic mass is 32.2. The van der Waals surface area contributed by atoms with Crippen molar-refractivity contribution in [1.29, 1.82) is 0 Å². The molecule has 2 aromatic carbocycles. The van der Waals surface area contributed by atoms with Gasteiger partial charge in [0.1, 0.15) is 0 Å². The fourth-order valence-corrected chi connectivity index (χ4v) is 5.96. The van der Waals surface area contributed by atoms with E-state index in [1.54, 1.807) is 32.2 Å². The lowest BCUT2D eigenvalue weighted by Crippen LogP contribution is -2.42. The molecule has 3 N–H and O–H groups in total. The van der Waals surface area contributed by atoms with Gasteiger partial charge in [-0.15, -0.1) is 0 Å². The van der Waals surface area contributed by atoms with Crippen molar-refractivity contribution in [3.63, 3.8) is 0 Å². The van der Waals surface area contributed by atoms with Crippen LogP contribution >= 0.6 is 12.2 Å². The zero-order valence-electron chi connectivity index (χ0n) is 18.6. The quantitative estimate of drug-likeness (QED) is 0.537. The molecule has 1 aliphatic carbocycles. The summed E-state index contributed by atoms with van der Waals surface area (Å²) in [6, 6.07) is 15.5. The van der Waals surface area contributed by atoms with Crippen molar-refractivity contribution in [1.82, 2.24) is 15.4 Å². The molecule has 1 saturated carbocycles. The van der Waals surface area contributed by atoms with Gasteiger partial charge in [-0.25, -0.2) is 8.42 Å². The number of amides is 1. The van der Waals surface area contributed by atoms with Crippen LogP contribution in [0.5, 0.6) is 0 Å². The highest BCUT2D eigenvalue weighted by molar-refractivity contribution is 7.91. The maximum Gasteiger partial charge on any atom is 0.263 e. The molecule has 172 valence electrons. The van der Waals surface area contributed by atoms with Gasteiger partial charge in [0, 0.05) is 19.0 Å². The van der Waals surface area contributed by atoms with Crippen LogP contribution in [0.1, 0.15) is 48.8 Å². The number of nitrogens with one attached hydrogen (secondary N) is 3. The van der Waals surface area contributed by atoms with Gasteiger partial charge in [0.15, 0.2) is 5.11 Å². The van der Waals surface area contributed by atoms with Crippen LogP contribution in [-0.2, 0) is 26.7 Å². The first-order valence-corrected chi connectivity index (χ1v) is 12.8. The SMILES string of the molecule is CNC(=S)NS(=O)(=O)c1cc(CC(=O)NCC2(c3ccccc3)CCCCC2)ccc1C. The first kappa shape index (κ1) is 24.2. The zero-order chi connectivity index (χ0) is 23.2. The zero-order valence-corrected chi connectivity index (χ0v) is 20.2. The Bertz CT molecular complexity index is 1060. The number of rotatable bonds is 7. The molecule has 2 aromatic rings. The van der Waals surface area contributed by atoms with Crippen LogP contribution in [0.3, 0.4) is 0 Å². The van der Waals surface area contributed by atoms with Gasteiger partial charge in [-0.05, 0) is 54.7 Å². The third-order valence-corrected chi connectivity index (χ3v) is 8.11. The van der Waals surface area contributed by atoms with Gasteiger partial charge < -0.3 is 10.6 Å². The van der Waals surface area contributed by atoms with E-state index in [2.05, 4.69) is 39.6 Å². The summed E-state index contributed by atoms with van der Waals surface area (Å²) in [5.41, 5.74) is 2.46. The van der Waals surface area contributed by atoms with E-state index in [9.17, 15) is 13.2 Å². The Morgan fingerprint density at radius 3 is 2.41 bits per heavy atom. The van der Waals surface area contributed by atoms with E-state index in [0.29, 0.717) is 17.7 Å². The lowest BCUT2D eigenvalue weighted by Gasteiger charge is -2.38. The highest BCUT2D eigenvalue weighted by Crippen LogP contribution is 2.38. The van der Waals surface area contributed by atoms with Crippen LogP contribution in [0, 0.1) is 6.92 Å². The Labute approximate surface area is 196 Å². The van der Waals surface area contributed by atoms with Crippen molar-refractivity contribution < 1.29 is 13.2 Å². The summed E-state index contributed by atoms with van der Waals surface area (Å²) in [6.45, 7) is 2.30. The molecule has 0 atom stereocenters. The van der Waals surface area contributed by atoms with Crippen LogP contribution in [0.2, 0.25) is 0 Å².